The number of likely N-dealkylation sites (tertiary alicyclic amines) is 1. The number of nitrogens with one attached hydrogen (secondary N) is 1. The molecule has 0 saturated carbocycles. The molecule has 1 saturated heterocycles. The molecule has 1 aromatic carbocycles. The Kier molecular flexibility index (Phi) is 5.70. The molecule has 110 valence electrons. The molecule has 1 aliphatic rings. The lowest BCUT2D eigenvalue weighted by molar-refractivity contribution is -0.122. The first-order valence-corrected chi connectivity index (χ1v) is 7.82. The summed E-state index contributed by atoms with van der Waals surface area (Å²) in [5.74, 6) is 0.0739. The van der Waals surface area contributed by atoms with Crippen LogP contribution in [-0.4, -0.2) is 30.4 Å². The van der Waals surface area contributed by atoms with Crippen LogP contribution in [0.1, 0.15) is 37.8 Å². The third-order valence-corrected chi connectivity index (χ3v) is 4.39. The molecule has 0 bridgehead atoms. The molecule has 5 heteroatoms. The predicted octanol–water partition coefficient (Wildman–Crippen LogP) is 3.66. The van der Waals surface area contributed by atoms with E-state index >= 15 is 0 Å². The van der Waals surface area contributed by atoms with Gasteiger partial charge in [-0.2, -0.15) is 0 Å². The third kappa shape index (κ3) is 4.11. The van der Waals surface area contributed by atoms with E-state index in [2.05, 4.69) is 10.2 Å². The Bertz CT molecular complexity index is 473. The van der Waals surface area contributed by atoms with E-state index in [0.29, 0.717) is 16.6 Å². The van der Waals surface area contributed by atoms with Crippen LogP contribution in [0.3, 0.4) is 0 Å². The van der Waals surface area contributed by atoms with Crippen LogP contribution in [0, 0.1) is 0 Å². The lowest BCUT2D eigenvalue weighted by Crippen LogP contribution is -2.37. The van der Waals surface area contributed by atoms with E-state index in [0.717, 1.165) is 25.1 Å². The Balaban J connectivity index is 1.96. The van der Waals surface area contributed by atoms with Crippen molar-refractivity contribution in [3.8, 4) is 0 Å². The molecule has 2 rings (SSSR count). The maximum Gasteiger partial charge on any atom is 0.234 e. The van der Waals surface area contributed by atoms with Crippen LogP contribution in [-0.2, 0) is 4.79 Å². The molecule has 0 aromatic heterocycles. The fourth-order valence-electron chi connectivity index (χ4n) is 2.53. The molecule has 1 fully saturated rings. The van der Waals surface area contributed by atoms with E-state index in [9.17, 15) is 4.79 Å². The van der Waals surface area contributed by atoms with Crippen molar-refractivity contribution >= 4 is 29.1 Å². The van der Waals surface area contributed by atoms with Gasteiger partial charge in [0.25, 0.3) is 0 Å². The van der Waals surface area contributed by atoms with Gasteiger partial charge in [0.1, 0.15) is 0 Å². The highest BCUT2D eigenvalue weighted by Crippen LogP contribution is 2.26. The molecule has 20 heavy (non-hydrogen) atoms. The number of halogens is 2. The van der Waals surface area contributed by atoms with E-state index in [1.54, 1.807) is 6.07 Å². The number of hydrogen-bond acceptors (Lipinski definition) is 2. The van der Waals surface area contributed by atoms with Crippen molar-refractivity contribution < 1.29 is 4.79 Å². The summed E-state index contributed by atoms with van der Waals surface area (Å²) in [6, 6.07) is 5.50. The molecule has 1 atom stereocenters. The monoisotopic (exact) mass is 314 g/mol. The van der Waals surface area contributed by atoms with Crippen molar-refractivity contribution in [1.82, 2.24) is 10.2 Å². The van der Waals surface area contributed by atoms with Crippen LogP contribution in [0.2, 0.25) is 10.0 Å². The molecular formula is C15H20Cl2N2O. The molecule has 1 amide bonds. The van der Waals surface area contributed by atoms with E-state index in [-0.39, 0.29) is 11.9 Å². The number of carbonyl (C=O) groups is 1. The topological polar surface area (TPSA) is 32.3 Å². The van der Waals surface area contributed by atoms with Gasteiger partial charge in [0.2, 0.25) is 5.91 Å². The Morgan fingerprint density at radius 1 is 1.30 bits per heavy atom. The second-order valence-electron chi connectivity index (χ2n) is 5.19. The Hall–Kier alpha value is -0.770. The Labute approximate surface area is 130 Å². The maximum absolute atomic E-state index is 12.1. The summed E-state index contributed by atoms with van der Waals surface area (Å²) in [7, 11) is 0. The molecule has 1 N–H and O–H groups in total. The smallest absolute Gasteiger partial charge is 0.234 e. The molecule has 3 nitrogen and oxygen atoms in total. The highest BCUT2D eigenvalue weighted by molar-refractivity contribution is 6.42. The zero-order valence-electron chi connectivity index (χ0n) is 11.7. The molecule has 0 aliphatic carbocycles. The number of carbonyl (C=O) groups excluding carboxylic acids is 1. The van der Waals surface area contributed by atoms with Crippen molar-refractivity contribution in [2.45, 2.75) is 32.2 Å². The van der Waals surface area contributed by atoms with Gasteiger partial charge in [0.05, 0.1) is 22.6 Å². The van der Waals surface area contributed by atoms with Crippen molar-refractivity contribution in [1.29, 1.82) is 0 Å². The zero-order chi connectivity index (χ0) is 14.5. The molecule has 1 aromatic rings. The Morgan fingerprint density at radius 3 is 2.60 bits per heavy atom. The van der Waals surface area contributed by atoms with Gasteiger partial charge in [0.15, 0.2) is 0 Å². The van der Waals surface area contributed by atoms with E-state index in [4.69, 9.17) is 23.2 Å². The largest absolute Gasteiger partial charge is 0.348 e. The molecule has 0 spiro atoms. The Morgan fingerprint density at radius 2 is 2.00 bits per heavy atom. The van der Waals surface area contributed by atoms with Crippen LogP contribution in [0.5, 0.6) is 0 Å². The van der Waals surface area contributed by atoms with Crippen LogP contribution >= 0.6 is 23.2 Å². The average Bonchev–Trinajstić information content (AvgIpc) is 2.92. The van der Waals surface area contributed by atoms with Gasteiger partial charge in [-0.25, -0.2) is 0 Å². The standard InChI is InChI=1S/C15H20Cl2N2O/c1-2-14(11-5-6-12(16)13(17)9-11)18-15(20)10-19-7-3-4-8-19/h5-6,9,14H,2-4,7-8,10H2,1H3,(H,18,20). The summed E-state index contributed by atoms with van der Waals surface area (Å²) < 4.78 is 0. The fraction of sp³-hybridized carbons (Fsp3) is 0.533. The van der Waals surface area contributed by atoms with E-state index in [1.165, 1.54) is 12.8 Å². The second-order valence-corrected chi connectivity index (χ2v) is 6.00. The lowest BCUT2D eigenvalue weighted by atomic mass is 10.0. The van der Waals surface area contributed by atoms with Crippen molar-refractivity contribution in [2.24, 2.45) is 0 Å². The number of nitrogens with zero attached hydrogens (tertiary/aromatic N) is 1. The van der Waals surface area contributed by atoms with Crippen LogP contribution < -0.4 is 5.32 Å². The normalized spacial score (nSPS) is 17.1. The molecule has 1 heterocycles. The first-order chi connectivity index (χ1) is 9.60. The van der Waals surface area contributed by atoms with Gasteiger partial charge in [-0.3, -0.25) is 9.69 Å². The van der Waals surface area contributed by atoms with Gasteiger partial charge in [-0.05, 0) is 50.0 Å². The van der Waals surface area contributed by atoms with Crippen molar-refractivity contribution in [2.75, 3.05) is 19.6 Å². The SMILES string of the molecule is CCC(NC(=O)CN1CCCC1)c1ccc(Cl)c(Cl)c1. The van der Waals surface area contributed by atoms with Gasteiger partial charge in [-0.15, -0.1) is 0 Å². The first-order valence-electron chi connectivity index (χ1n) is 7.07. The lowest BCUT2D eigenvalue weighted by Gasteiger charge is -2.20. The third-order valence-electron chi connectivity index (χ3n) is 3.66. The van der Waals surface area contributed by atoms with Gasteiger partial charge < -0.3 is 5.32 Å². The second kappa shape index (κ2) is 7.30. The number of hydrogen-bond donors (Lipinski definition) is 1. The van der Waals surface area contributed by atoms with Gasteiger partial charge >= 0.3 is 0 Å². The highest BCUT2D eigenvalue weighted by Gasteiger charge is 2.18. The summed E-state index contributed by atoms with van der Waals surface area (Å²) >= 11 is 12.0. The number of benzene rings is 1. The van der Waals surface area contributed by atoms with Gasteiger partial charge in [0, 0.05) is 0 Å². The molecular weight excluding hydrogens is 295 g/mol. The van der Waals surface area contributed by atoms with E-state index < -0.39 is 0 Å². The predicted molar refractivity (Wildman–Crippen MR) is 83.3 cm³/mol. The minimum atomic E-state index is -0.0140. The maximum atomic E-state index is 12.1. The highest BCUT2D eigenvalue weighted by atomic mass is 35.5. The van der Waals surface area contributed by atoms with Crippen molar-refractivity contribution in [3.63, 3.8) is 0 Å². The van der Waals surface area contributed by atoms with Crippen molar-refractivity contribution in [3.05, 3.63) is 33.8 Å². The minimum absolute atomic E-state index is 0.0140. The van der Waals surface area contributed by atoms with Crippen LogP contribution in [0.4, 0.5) is 0 Å². The van der Waals surface area contributed by atoms with Crippen LogP contribution in [0.15, 0.2) is 18.2 Å². The quantitative estimate of drug-likeness (QED) is 0.899. The summed E-state index contributed by atoms with van der Waals surface area (Å²) in [6.45, 7) is 4.58. The summed E-state index contributed by atoms with van der Waals surface area (Å²) in [5, 5.41) is 4.13. The number of amides is 1. The molecule has 1 unspecified atom stereocenters. The molecule has 1 aliphatic heterocycles. The zero-order valence-corrected chi connectivity index (χ0v) is 13.2. The van der Waals surface area contributed by atoms with E-state index in [1.807, 2.05) is 19.1 Å². The first kappa shape index (κ1) is 15.6. The summed E-state index contributed by atoms with van der Waals surface area (Å²) in [4.78, 5) is 14.3. The average molecular weight is 315 g/mol. The van der Waals surface area contributed by atoms with Gasteiger partial charge in [-0.1, -0.05) is 36.2 Å². The fourth-order valence-corrected chi connectivity index (χ4v) is 2.84. The summed E-state index contributed by atoms with van der Waals surface area (Å²) in [5.41, 5.74) is 0.997. The minimum Gasteiger partial charge on any atom is -0.348 e. The number of rotatable bonds is 5. The molecule has 0 radical (unpaired) electrons. The van der Waals surface area contributed by atoms with Crippen LogP contribution in [0.25, 0.3) is 0 Å². The summed E-state index contributed by atoms with van der Waals surface area (Å²) in [6.07, 6.45) is 3.21.